The minimum Gasteiger partial charge on any atom is -0.316 e. The van der Waals surface area contributed by atoms with E-state index in [1.54, 1.807) is 16.4 Å². The smallest absolute Gasteiger partial charge is 0.243 e. The molecule has 0 unspecified atom stereocenters. The summed E-state index contributed by atoms with van der Waals surface area (Å²) in [4.78, 5) is 0.437. The summed E-state index contributed by atoms with van der Waals surface area (Å²) >= 11 is 0. The zero-order chi connectivity index (χ0) is 13.9. The van der Waals surface area contributed by atoms with Gasteiger partial charge in [0, 0.05) is 19.6 Å². The summed E-state index contributed by atoms with van der Waals surface area (Å²) in [6.45, 7) is 3.66. The van der Waals surface area contributed by atoms with Gasteiger partial charge in [0.2, 0.25) is 10.0 Å². The molecule has 1 aliphatic rings. The summed E-state index contributed by atoms with van der Waals surface area (Å²) in [5.74, 6) is 0.561. The first kappa shape index (κ1) is 14.5. The van der Waals surface area contributed by atoms with Crippen molar-refractivity contribution in [2.24, 2.45) is 5.92 Å². The van der Waals surface area contributed by atoms with Gasteiger partial charge in [-0.3, -0.25) is 0 Å². The highest BCUT2D eigenvalue weighted by Gasteiger charge is 2.31. The molecule has 4 nitrogen and oxygen atoms in total. The maximum absolute atomic E-state index is 12.7. The van der Waals surface area contributed by atoms with Crippen molar-refractivity contribution >= 4 is 10.0 Å². The van der Waals surface area contributed by atoms with Crippen LogP contribution in [0.15, 0.2) is 29.2 Å². The lowest BCUT2D eigenvalue weighted by Gasteiger charge is -2.22. The van der Waals surface area contributed by atoms with Gasteiger partial charge >= 0.3 is 0 Å². The van der Waals surface area contributed by atoms with Crippen LogP contribution in [0.3, 0.4) is 0 Å². The van der Waals surface area contributed by atoms with Gasteiger partial charge in [-0.1, -0.05) is 25.1 Å². The molecule has 0 atom stereocenters. The summed E-state index contributed by atoms with van der Waals surface area (Å²) < 4.78 is 27.1. The van der Waals surface area contributed by atoms with Crippen molar-refractivity contribution in [2.75, 3.05) is 20.1 Å². The van der Waals surface area contributed by atoms with Crippen molar-refractivity contribution < 1.29 is 8.42 Å². The fraction of sp³-hybridized carbons (Fsp3) is 0.571. The van der Waals surface area contributed by atoms with Crippen LogP contribution in [0.4, 0.5) is 0 Å². The normalized spacial score (nSPS) is 15.9. The van der Waals surface area contributed by atoms with Crippen molar-refractivity contribution in [1.82, 2.24) is 9.62 Å². The maximum Gasteiger partial charge on any atom is 0.243 e. The van der Waals surface area contributed by atoms with E-state index in [1.165, 1.54) is 0 Å². The molecule has 5 heteroatoms. The Morgan fingerprint density at radius 1 is 1.32 bits per heavy atom. The zero-order valence-corrected chi connectivity index (χ0v) is 12.4. The van der Waals surface area contributed by atoms with E-state index in [4.69, 9.17) is 0 Å². The van der Waals surface area contributed by atoms with Crippen LogP contribution in [-0.2, 0) is 16.6 Å². The SMILES string of the molecule is CCN(CC1CC1)S(=O)(=O)c1ccccc1CNC. The van der Waals surface area contributed by atoms with Crippen LogP contribution in [0.5, 0.6) is 0 Å². The molecule has 106 valence electrons. The van der Waals surface area contributed by atoms with Gasteiger partial charge in [0.1, 0.15) is 0 Å². The number of rotatable bonds is 7. The molecule has 1 N–H and O–H groups in total. The van der Waals surface area contributed by atoms with Crippen molar-refractivity contribution in [1.29, 1.82) is 0 Å². The monoisotopic (exact) mass is 282 g/mol. The molecular formula is C14H22N2O2S. The average molecular weight is 282 g/mol. The number of nitrogens with one attached hydrogen (secondary N) is 1. The maximum atomic E-state index is 12.7. The van der Waals surface area contributed by atoms with Crippen LogP contribution in [-0.4, -0.2) is 32.9 Å². The van der Waals surface area contributed by atoms with Crippen LogP contribution < -0.4 is 5.32 Å². The van der Waals surface area contributed by atoms with E-state index in [2.05, 4.69) is 5.32 Å². The Morgan fingerprint density at radius 3 is 2.58 bits per heavy atom. The molecule has 1 aliphatic carbocycles. The number of benzene rings is 1. The molecule has 1 saturated carbocycles. The molecule has 0 aliphatic heterocycles. The molecule has 1 aromatic carbocycles. The predicted molar refractivity (Wildman–Crippen MR) is 76.4 cm³/mol. The summed E-state index contributed by atoms with van der Waals surface area (Å²) in [6.07, 6.45) is 2.31. The average Bonchev–Trinajstić information content (AvgIpc) is 3.20. The topological polar surface area (TPSA) is 49.4 Å². The molecule has 1 aromatic rings. The van der Waals surface area contributed by atoms with Crippen molar-refractivity contribution in [3.05, 3.63) is 29.8 Å². The summed E-state index contributed by atoms with van der Waals surface area (Å²) in [5.41, 5.74) is 0.833. The third-order valence-electron chi connectivity index (χ3n) is 3.47. The van der Waals surface area contributed by atoms with E-state index < -0.39 is 10.0 Å². The molecule has 0 amide bonds. The highest BCUT2D eigenvalue weighted by Crippen LogP contribution is 2.32. The van der Waals surface area contributed by atoms with Gasteiger partial charge in [-0.05, 0) is 37.4 Å². The second-order valence-electron chi connectivity index (χ2n) is 5.04. The first-order valence-electron chi connectivity index (χ1n) is 6.82. The third kappa shape index (κ3) is 3.35. The van der Waals surface area contributed by atoms with Crippen molar-refractivity contribution in [3.63, 3.8) is 0 Å². The number of hydrogen-bond donors (Lipinski definition) is 1. The largest absolute Gasteiger partial charge is 0.316 e. The van der Waals surface area contributed by atoms with Gasteiger partial charge in [0.25, 0.3) is 0 Å². The zero-order valence-electron chi connectivity index (χ0n) is 11.6. The van der Waals surface area contributed by atoms with E-state index in [0.717, 1.165) is 18.4 Å². The lowest BCUT2D eigenvalue weighted by Crippen LogP contribution is -2.33. The van der Waals surface area contributed by atoms with Gasteiger partial charge in [-0.25, -0.2) is 8.42 Å². The van der Waals surface area contributed by atoms with E-state index in [9.17, 15) is 8.42 Å². The van der Waals surface area contributed by atoms with Crippen LogP contribution in [0.1, 0.15) is 25.3 Å². The van der Waals surface area contributed by atoms with Gasteiger partial charge in [0.15, 0.2) is 0 Å². The van der Waals surface area contributed by atoms with E-state index in [-0.39, 0.29) is 0 Å². The Kier molecular flexibility index (Phi) is 4.60. The van der Waals surface area contributed by atoms with Gasteiger partial charge in [-0.15, -0.1) is 0 Å². The Hall–Kier alpha value is -0.910. The van der Waals surface area contributed by atoms with Crippen LogP contribution in [0, 0.1) is 5.92 Å². The standard InChI is InChI=1S/C14H22N2O2S/c1-3-16(11-12-8-9-12)19(17,18)14-7-5-4-6-13(14)10-15-2/h4-7,12,15H,3,8-11H2,1-2H3. The molecule has 0 aromatic heterocycles. The highest BCUT2D eigenvalue weighted by atomic mass is 32.2. The van der Waals surface area contributed by atoms with Crippen molar-refractivity contribution in [3.8, 4) is 0 Å². The number of hydrogen-bond acceptors (Lipinski definition) is 3. The van der Waals surface area contributed by atoms with Crippen LogP contribution >= 0.6 is 0 Å². The Labute approximate surface area is 115 Å². The Morgan fingerprint density at radius 2 is 2.00 bits per heavy atom. The Bertz CT molecular complexity index is 524. The molecule has 0 radical (unpaired) electrons. The summed E-state index contributed by atoms with van der Waals surface area (Å²) in [6, 6.07) is 7.24. The van der Waals surface area contributed by atoms with Crippen LogP contribution in [0.2, 0.25) is 0 Å². The molecular weight excluding hydrogens is 260 g/mol. The molecule has 0 spiro atoms. The predicted octanol–water partition coefficient (Wildman–Crippen LogP) is 1.83. The number of sulfonamides is 1. The van der Waals surface area contributed by atoms with Crippen molar-refractivity contribution in [2.45, 2.75) is 31.2 Å². The van der Waals surface area contributed by atoms with E-state index in [1.807, 2.05) is 26.1 Å². The lowest BCUT2D eigenvalue weighted by molar-refractivity contribution is 0.411. The minimum atomic E-state index is -3.37. The first-order chi connectivity index (χ1) is 9.09. The Balaban J connectivity index is 2.31. The second kappa shape index (κ2) is 6.03. The van der Waals surface area contributed by atoms with Gasteiger partial charge in [0.05, 0.1) is 4.90 Å². The minimum absolute atomic E-state index is 0.437. The summed E-state index contributed by atoms with van der Waals surface area (Å²) in [7, 11) is -1.54. The summed E-state index contributed by atoms with van der Waals surface area (Å²) in [5, 5.41) is 3.02. The second-order valence-corrected chi connectivity index (χ2v) is 6.94. The highest BCUT2D eigenvalue weighted by molar-refractivity contribution is 7.89. The lowest BCUT2D eigenvalue weighted by atomic mass is 10.2. The van der Waals surface area contributed by atoms with Gasteiger partial charge < -0.3 is 5.32 Å². The van der Waals surface area contributed by atoms with E-state index >= 15 is 0 Å². The van der Waals surface area contributed by atoms with Gasteiger partial charge in [-0.2, -0.15) is 4.31 Å². The molecule has 1 fully saturated rings. The fourth-order valence-corrected chi connectivity index (χ4v) is 3.96. The molecule has 0 bridgehead atoms. The first-order valence-corrected chi connectivity index (χ1v) is 8.26. The fourth-order valence-electron chi connectivity index (χ4n) is 2.22. The van der Waals surface area contributed by atoms with E-state index in [0.29, 0.717) is 30.4 Å². The van der Waals surface area contributed by atoms with Crippen LogP contribution in [0.25, 0.3) is 0 Å². The number of nitrogens with zero attached hydrogens (tertiary/aromatic N) is 1. The molecule has 2 rings (SSSR count). The molecule has 0 saturated heterocycles. The molecule has 19 heavy (non-hydrogen) atoms. The molecule has 0 heterocycles. The quantitative estimate of drug-likeness (QED) is 0.830. The third-order valence-corrected chi connectivity index (χ3v) is 5.51.